The Bertz CT molecular complexity index is 1310. The SMILES string of the molecule is COc1ccc(CCN(CC(O)COc2ccc3c(c2)CCCN3Cc2ccccc2)C(=O)OC(C)(C)C)cc1OC. The van der Waals surface area contributed by atoms with Gasteiger partial charge in [-0.25, -0.2) is 4.79 Å². The van der Waals surface area contributed by atoms with Crippen molar-refractivity contribution in [3.8, 4) is 17.2 Å². The minimum Gasteiger partial charge on any atom is -0.493 e. The number of aliphatic hydroxyl groups is 1. The van der Waals surface area contributed by atoms with E-state index >= 15 is 0 Å². The fourth-order valence-electron chi connectivity index (χ4n) is 5.09. The summed E-state index contributed by atoms with van der Waals surface area (Å²) in [5.74, 6) is 1.98. The Hall–Kier alpha value is -3.91. The Labute approximate surface area is 249 Å². The van der Waals surface area contributed by atoms with Crippen molar-refractivity contribution >= 4 is 11.8 Å². The number of anilines is 1. The topological polar surface area (TPSA) is 80.7 Å². The van der Waals surface area contributed by atoms with Gasteiger partial charge in [0, 0.05) is 25.3 Å². The number of rotatable bonds is 12. The van der Waals surface area contributed by atoms with Crippen LogP contribution in [0.5, 0.6) is 17.2 Å². The van der Waals surface area contributed by atoms with Crippen molar-refractivity contribution in [3.05, 3.63) is 83.4 Å². The summed E-state index contributed by atoms with van der Waals surface area (Å²) in [5.41, 5.74) is 4.08. The number of aliphatic hydroxyl groups excluding tert-OH is 1. The van der Waals surface area contributed by atoms with Crippen LogP contribution in [0.2, 0.25) is 0 Å². The van der Waals surface area contributed by atoms with Crippen LogP contribution in [-0.4, -0.2) is 68.3 Å². The summed E-state index contributed by atoms with van der Waals surface area (Å²) in [7, 11) is 3.18. The zero-order chi connectivity index (χ0) is 30.1. The predicted octanol–water partition coefficient (Wildman–Crippen LogP) is 5.88. The molecule has 0 bridgehead atoms. The van der Waals surface area contributed by atoms with E-state index in [1.165, 1.54) is 21.7 Å². The minimum absolute atomic E-state index is 0.0577. The van der Waals surface area contributed by atoms with E-state index in [-0.39, 0.29) is 13.2 Å². The highest BCUT2D eigenvalue weighted by Gasteiger charge is 2.25. The lowest BCUT2D eigenvalue weighted by molar-refractivity contribution is 0.00944. The summed E-state index contributed by atoms with van der Waals surface area (Å²) in [6.07, 6.45) is 1.25. The molecular weight excluding hydrogens is 532 g/mol. The summed E-state index contributed by atoms with van der Waals surface area (Å²) in [6, 6.07) is 22.3. The second-order valence-electron chi connectivity index (χ2n) is 11.6. The van der Waals surface area contributed by atoms with Crippen molar-refractivity contribution < 1.29 is 28.8 Å². The third-order valence-electron chi connectivity index (χ3n) is 7.13. The number of ether oxygens (including phenoxy) is 4. The van der Waals surface area contributed by atoms with Gasteiger partial charge in [0.25, 0.3) is 0 Å². The third kappa shape index (κ3) is 8.79. The number of carbonyl (C=O) groups is 1. The maximum absolute atomic E-state index is 13.0. The molecule has 0 saturated carbocycles. The van der Waals surface area contributed by atoms with Crippen LogP contribution in [0.1, 0.15) is 43.9 Å². The normalized spacial score (nSPS) is 13.6. The molecule has 1 N–H and O–H groups in total. The molecule has 1 heterocycles. The van der Waals surface area contributed by atoms with Crippen LogP contribution in [0.3, 0.4) is 0 Å². The van der Waals surface area contributed by atoms with Gasteiger partial charge in [0.2, 0.25) is 0 Å². The molecule has 1 amide bonds. The number of fused-ring (bicyclic) bond motifs is 1. The van der Waals surface area contributed by atoms with Crippen LogP contribution in [0.15, 0.2) is 66.7 Å². The van der Waals surface area contributed by atoms with E-state index in [1.807, 2.05) is 51.1 Å². The molecular formula is C34H44N2O6. The Kier molecular flexibility index (Phi) is 10.6. The van der Waals surface area contributed by atoms with E-state index < -0.39 is 17.8 Å². The molecule has 42 heavy (non-hydrogen) atoms. The number of benzene rings is 3. The molecule has 4 rings (SSSR count). The Morgan fingerprint density at radius 3 is 2.45 bits per heavy atom. The smallest absolute Gasteiger partial charge is 0.410 e. The first-order valence-electron chi connectivity index (χ1n) is 14.6. The number of amides is 1. The van der Waals surface area contributed by atoms with E-state index in [1.54, 1.807) is 14.2 Å². The molecule has 0 spiro atoms. The molecule has 8 heteroatoms. The first-order chi connectivity index (χ1) is 20.1. The predicted molar refractivity (Wildman–Crippen MR) is 165 cm³/mol. The van der Waals surface area contributed by atoms with E-state index in [4.69, 9.17) is 18.9 Å². The van der Waals surface area contributed by atoms with Crippen LogP contribution < -0.4 is 19.1 Å². The summed E-state index contributed by atoms with van der Waals surface area (Å²) in [4.78, 5) is 17.0. The van der Waals surface area contributed by atoms with Gasteiger partial charge in [-0.1, -0.05) is 36.4 Å². The van der Waals surface area contributed by atoms with Crippen molar-refractivity contribution in [2.45, 2.75) is 58.3 Å². The molecule has 3 aromatic rings. The van der Waals surface area contributed by atoms with Crippen molar-refractivity contribution in [2.75, 3.05) is 45.4 Å². The van der Waals surface area contributed by atoms with Gasteiger partial charge in [-0.3, -0.25) is 0 Å². The van der Waals surface area contributed by atoms with Crippen LogP contribution in [0, 0.1) is 0 Å². The number of aryl methyl sites for hydroxylation is 1. The molecule has 226 valence electrons. The van der Waals surface area contributed by atoms with Crippen molar-refractivity contribution in [2.24, 2.45) is 0 Å². The molecule has 0 aliphatic carbocycles. The largest absolute Gasteiger partial charge is 0.493 e. The highest BCUT2D eigenvalue weighted by atomic mass is 16.6. The van der Waals surface area contributed by atoms with Crippen molar-refractivity contribution in [1.82, 2.24) is 4.90 Å². The minimum atomic E-state index is -0.895. The zero-order valence-electron chi connectivity index (χ0n) is 25.5. The molecule has 0 radical (unpaired) electrons. The molecule has 8 nitrogen and oxygen atoms in total. The van der Waals surface area contributed by atoms with Gasteiger partial charge in [-0.2, -0.15) is 0 Å². The lowest BCUT2D eigenvalue weighted by atomic mass is 10.0. The second kappa shape index (κ2) is 14.3. The third-order valence-corrected chi connectivity index (χ3v) is 7.13. The molecule has 0 saturated heterocycles. The number of hydrogen-bond donors (Lipinski definition) is 1. The average molecular weight is 577 g/mol. The number of hydrogen-bond acceptors (Lipinski definition) is 7. The lowest BCUT2D eigenvalue weighted by Crippen LogP contribution is -2.43. The molecule has 0 aromatic heterocycles. The molecule has 1 aliphatic rings. The van der Waals surface area contributed by atoms with E-state index in [0.29, 0.717) is 30.2 Å². The van der Waals surface area contributed by atoms with Crippen LogP contribution in [0.4, 0.5) is 10.5 Å². The number of methoxy groups -OCH3 is 2. The van der Waals surface area contributed by atoms with Gasteiger partial charge >= 0.3 is 6.09 Å². The van der Waals surface area contributed by atoms with Gasteiger partial charge in [0.05, 0.1) is 20.8 Å². The van der Waals surface area contributed by atoms with Crippen LogP contribution in [0.25, 0.3) is 0 Å². The fraction of sp³-hybridized carbons (Fsp3) is 0.441. The highest BCUT2D eigenvalue weighted by Crippen LogP contribution is 2.32. The first kappa shape index (κ1) is 31.0. The molecule has 3 aromatic carbocycles. The standard InChI is InChI=1S/C34H44N2O6/c1-34(2,3)42-33(38)36(19-17-25-13-16-31(39-4)32(20-25)40-5)23-28(37)24-41-29-14-15-30-27(21-29)12-9-18-35(30)22-26-10-7-6-8-11-26/h6-8,10-11,13-16,20-21,28,37H,9,12,17-19,22-24H2,1-5H3. The van der Waals surface area contributed by atoms with Gasteiger partial charge in [0.1, 0.15) is 24.1 Å². The zero-order valence-corrected chi connectivity index (χ0v) is 25.5. The van der Waals surface area contributed by atoms with E-state index in [2.05, 4.69) is 41.3 Å². The van der Waals surface area contributed by atoms with Crippen LogP contribution in [-0.2, 0) is 24.1 Å². The van der Waals surface area contributed by atoms with Gasteiger partial charge in [-0.15, -0.1) is 0 Å². The molecule has 1 atom stereocenters. The maximum atomic E-state index is 13.0. The quantitative estimate of drug-likeness (QED) is 0.289. The second-order valence-corrected chi connectivity index (χ2v) is 11.6. The number of nitrogens with zero attached hydrogens (tertiary/aromatic N) is 2. The summed E-state index contributed by atoms with van der Waals surface area (Å²) in [5, 5.41) is 10.9. The van der Waals surface area contributed by atoms with Gasteiger partial charge in [0.15, 0.2) is 11.5 Å². The fourth-order valence-corrected chi connectivity index (χ4v) is 5.09. The average Bonchev–Trinajstić information content (AvgIpc) is 2.97. The monoisotopic (exact) mass is 576 g/mol. The van der Waals surface area contributed by atoms with Gasteiger partial charge in [-0.05, 0) is 87.1 Å². The summed E-state index contributed by atoms with van der Waals surface area (Å²) < 4.78 is 22.4. The molecule has 1 aliphatic heterocycles. The summed E-state index contributed by atoms with van der Waals surface area (Å²) >= 11 is 0. The van der Waals surface area contributed by atoms with E-state index in [9.17, 15) is 9.90 Å². The van der Waals surface area contributed by atoms with Crippen LogP contribution >= 0.6 is 0 Å². The van der Waals surface area contributed by atoms with Crippen molar-refractivity contribution in [1.29, 1.82) is 0 Å². The van der Waals surface area contributed by atoms with Crippen molar-refractivity contribution in [3.63, 3.8) is 0 Å². The number of carbonyl (C=O) groups excluding carboxylic acids is 1. The molecule has 1 unspecified atom stereocenters. The molecule has 0 fully saturated rings. The maximum Gasteiger partial charge on any atom is 0.410 e. The Morgan fingerprint density at radius 1 is 0.976 bits per heavy atom. The Morgan fingerprint density at radius 2 is 1.74 bits per heavy atom. The highest BCUT2D eigenvalue weighted by molar-refractivity contribution is 5.68. The first-order valence-corrected chi connectivity index (χ1v) is 14.6. The Balaban J connectivity index is 1.37. The lowest BCUT2D eigenvalue weighted by Gasteiger charge is -2.32. The van der Waals surface area contributed by atoms with Gasteiger partial charge < -0.3 is 33.9 Å². The summed E-state index contributed by atoms with van der Waals surface area (Å²) in [6.45, 7) is 7.87. The van der Waals surface area contributed by atoms with E-state index in [0.717, 1.165) is 31.5 Å².